The molecule has 4 saturated heterocycles. The minimum Gasteiger partial charge on any atom is -0.381 e. The van der Waals surface area contributed by atoms with Gasteiger partial charge in [0.2, 0.25) is 0 Å². The standard InChI is InChI=1S/C59H83F3N8.C5H12N2/c1-9-48(66-42(6)56(45-17-11-12-18-45)69-27-24-44(37-69)35-64-10-2)31-43-16-15-19-46(30-43)47-21-22-54-51(32-47)53(34-58(7,8)25-23-40(3)4)57(70(54)39-59(60,61)62)52-33-50(36-65-55(52)41(5)63)68-29-28-67-26-14-13-20-49(67)38-68;1-7-5-3-2-4-6-7/h9,15-16,19,21-22,30,32-33,36,41,44-45,48-49,56,64,66H,1,3,6,10-14,17-18,20,23-29,31,34-35,37-39,63H2,2,4-5,7-8H3;6H,2-5H2,1H3. The number of nitrogens with two attached hydrogens (primary N) is 1. The van der Waals surface area contributed by atoms with E-state index in [0.717, 1.165) is 129 Å². The number of benzene rings is 2. The Morgan fingerprint density at radius 3 is 2.38 bits per heavy atom. The van der Waals surface area contributed by atoms with Gasteiger partial charge in [-0.1, -0.05) is 88.6 Å². The van der Waals surface area contributed by atoms with E-state index in [1.807, 2.05) is 38.3 Å². The first-order valence-electron chi connectivity index (χ1n) is 29.6. The predicted octanol–water partition coefficient (Wildman–Crippen LogP) is 12.5. The second-order valence-corrected chi connectivity index (χ2v) is 24.5. The summed E-state index contributed by atoms with van der Waals surface area (Å²) in [7, 11) is 2.08. The molecule has 5 atom stereocenters. The van der Waals surface area contributed by atoms with Crippen molar-refractivity contribution in [3.05, 3.63) is 109 Å². The Balaban J connectivity index is 0.00000104. The van der Waals surface area contributed by atoms with Crippen molar-refractivity contribution < 1.29 is 13.2 Å². The zero-order valence-electron chi connectivity index (χ0n) is 47.9. The summed E-state index contributed by atoms with van der Waals surface area (Å²) in [5.74, 6) is 1.27. The molecule has 5 N–H and O–H groups in total. The average Bonchev–Trinajstić information content (AvgIpc) is 4.20. The van der Waals surface area contributed by atoms with Crippen LogP contribution in [0.15, 0.2) is 91.8 Å². The van der Waals surface area contributed by atoms with Crippen LogP contribution in [0.1, 0.15) is 135 Å². The normalized spacial score (nSPS) is 21.4. The van der Waals surface area contributed by atoms with E-state index in [1.165, 1.54) is 68.9 Å². The van der Waals surface area contributed by atoms with Gasteiger partial charge in [0.15, 0.2) is 0 Å². The number of hydrogen-bond acceptors (Lipinski definition) is 9. The number of fused-ring (bicyclic) bond motifs is 2. The molecule has 13 heteroatoms. The van der Waals surface area contributed by atoms with Gasteiger partial charge in [-0.15, -0.1) is 13.2 Å². The number of halogens is 3. The van der Waals surface area contributed by atoms with Crippen LogP contribution in [0.2, 0.25) is 0 Å². The van der Waals surface area contributed by atoms with Crippen molar-refractivity contribution in [3.8, 4) is 22.4 Å². The van der Waals surface area contributed by atoms with Gasteiger partial charge in [-0.05, 0) is 168 Å². The van der Waals surface area contributed by atoms with Gasteiger partial charge in [-0.25, -0.2) is 5.01 Å². The SMILES string of the molecule is C=CC(Cc1cccc(-c2ccc3c(c2)c(CC(C)(C)CCC(=C)C)c(-c2cc(N4CCN5CCCCC5C4)cnc2C(C)N)n3CC(F)(F)F)c1)NC(=C)C(C1CCCC1)N1CCC(CNCC)C1.CN1CCCCN1. The molecule has 2 aromatic heterocycles. The summed E-state index contributed by atoms with van der Waals surface area (Å²) in [4.78, 5) is 12.7. The second-order valence-electron chi connectivity index (χ2n) is 24.5. The summed E-state index contributed by atoms with van der Waals surface area (Å²) in [5.41, 5.74) is 19.3. The van der Waals surface area contributed by atoms with Crippen LogP contribution in [0.5, 0.6) is 0 Å². The van der Waals surface area contributed by atoms with E-state index in [4.69, 9.17) is 17.3 Å². The molecule has 9 rings (SSSR count). The zero-order valence-corrected chi connectivity index (χ0v) is 47.9. The smallest absolute Gasteiger partial charge is 0.381 e. The molecular formula is C64H95F3N10. The molecule has 10 nitrogen and oxygen atoms in total. The Hall–Kier alpha value is -4.50. The van der Waals surface area contributed by atoms with E-state index in [0.29, 0.717) is 52.8 Å². The van der Waals surface area contributed by atoms with Crippen molar-refractivity contribution in [1.29, 1.82) is 0 Å². The number of anilines is 1. The summed E-state index contributed by atoms with van der Waals surface area (Å²) in [5, 5.41) is 10.4. The maximum absolute atomic E-state index is 15.1. The highest BCUT2D eigenvalue weighted by Gasteiger charge is 2.38. The zero-order chi connectivity index (χ0) is 54.9. The van der Waals surface area contributed by atoms with E-state index >= 15 is 13.2 Å². The largest absolute Gasteiger partial charge is 0.406 e. The lowest BCUT2D eigenvalue weighted by Gasteiger charge is -2.45. The van der Waals surface area contributed by atoms with E-state index in [2.05, 4.69) is 113 Å². The first kappa shape index (κ1) is 58.6. The number of piperidine rings is 1. The van der Waals surface area contributed by atoms with Crippen molar-refractivity contribution in [2.24, 2.45) is 23.0 Å². The molecular weight excluding hydrogens is 966 g/mol. The molecule has 1 saturated carbocycles. The van der Waals surface area contributed by atoms with E-state index in [1.54, 1.807) is 0 Å². The van der Waals surface area contributed by atoms with Crippen molar-refractivity contribution in [2.45, 2.75) is 161 Å². The number of hydrazine groups is 1. The molecule has 5 fully saturated rings. The number of likely N-dealkylation sites (tertiary alicyclic amines) is 1. The highest BCUT2D eigenvalue weighted by atomic mass is 19.4. The van der Waals surface area contributed by atoms with Crippen molar-refractivity contribution >= 4 is 16.6 Å². The van der Waals surface area contributed by atoms with E-state index in [9.17, 15) is 0 Å². The molecule has 5 aliphatic rings. The topological polar surface area (TPSA) is 92.9 Å². The number of pyridine rings is 1. The average molecular weight is 1060 g/mol. The van der Waals surface area contributed by atoms with E-state index in [-0.39, 0.29) is 11.5 Å². The second kappa shape index (κ2) is 26.6. The summed E-state index contributed by atoms with van der Waals surface area (Å²) >= 11 is 0. The summed E-state index contributed by atoms with van der Waals surface area (Å²) in [6.07, 6.45) is 15.0. The highest BCUT2D eigenvalue weighted by molar-refractivity contribution is 5.95. The minimum atomic E-state index is -4.47. The van der Waals surface area contributed by atoms with Gasteiger partial charge >= 0.3 is 6.18 Å². The third-order valence-corrected chi connectivity index (χ3v) is 17.5. The van der Waals surface area contributed by atoms with Gasteiger partial charge < -0.3 is 25.8 Å². The Labute approximate surface area is 461 Å². The lowest BCUT2D eigenvalue weighted by Crippen LogP contribution is -2.54. The molecule has 77 heavy (non-hydrogen) atoms. The molecule has 4 aromatic rings. The van der Waals surface area contributed by atoms with Gasteiger partial charge in [0.05, 0.1) is 29.3 Å². The van der Waals surface area contributed by atoms with Gasteiger partial charge in [-0.2, -0.15) is 13.2 Å². The quantitative estimate of drug-likeness (QED) is 0.0609. The molecule has 2 aromatic carbocycles. The highest BCUT2D eigenvalue weighted by Crippen LogP contribution is 2.45. The molecule has 422 valence electrons. The monoisotopic (exact) mass is 1060 g/mol. The summed E-state index contributed by atoms with van der Waals surface area (Å²) in [6.45, 7) is 33.1. The Kier molecular flexibility index (Phi) is 20.3. The number of allylic oxidation sites excluding steroid dienone is 1. The lowest BCUT2D eigenvalue weighted by molar-refractivity contribution is -0.139. The first-order chi connectivity index (χ1) is 36.9. The van der Waals surface area contributed by atoms with Gasteiger partial charge in [0, 0.05) is 86.6 Å². The molecule has 4 aliphatic heterocycles. The number of rotatable bonds is 21. The number of nitrogens with zero attached hydrogens (tertiary/aromatic N) is 6. The fourth-order valence-electron chi connectivity index (χ4n) is 13.3. The van der Waals surface area contributed by atoms with Crippen LogP contribution in [0, 0.1) is 17.3 Å². The van der Waals surface area contributed by atoms with Crippen LogP contribution in [-0.4, -0.2) is 121 Å². The molecule has 0 radical (unpaired) electrons. The van der Waals surface area contributed by atoms with E-state index < -0.39 is 18.8 Å². The van der Waals surface area contributed by atoms with Crippen LogP contribution in [0.3, 0.4) is 0 Å². The van der Waals surface area contributed by atoms with Crippen molar-refractivity contribution in [2.75, 3.05) is 77.4 Å². The Morgan fingerprint density at radius 2 is 1.69 bits per heavy atom. The number of aromatic nitrogens is 2. The van der Waals surface area contributed by atoms with Gasteiger partial charge in [0.25, 0.3) is 0 Å². The third-order valence-electron chi connectivity index (χ3n) is 17.5. The van der Waals surface area contributed by atoms with Crippen LogP contribution >= 0.6 is 0 Å². The van der Waals surface area contributed by atoms with Crippen LogP contribution in [0.25, 0.3) is 33.3 Å². The third kappa shape index (κ3) is 15.5. The molecule has 6 heterocycles. The molecule has 1 aliphatic carbocycles. The molecule has 5 unspecified atom stereocenters. The maximum atomic E-state index is 15.1. The number of hydrogen-bond donors (Lipinski definition) is 4. The molecule has 0 bridgehead atoms. The number of alkyl halides is 3. The van der Waals surface area contributed by atoms with Gasteiger partial charge in [-0.3, -0.25) is 20.2 Å². The summed E-state index contributed by atoms with van der Waals surface area (Å²) < 4.78 is 46.7. The fraction of sp³-hybridized carbons (Fsp3) is 0.609. The Morgan fingerprint density at radius 1 is 0.922 bits per heavy atom. The van der Waals surface area contributed by atoms with Crippen LogP contribution in [0.4, 0.5) is 18.9 Å². The minimum absolute atomic E-state index is 0.0173. The fourth-order valence-corrected chi connectivity index (χ4v) is 13.3. The predicted molar refractivity (Wildman–Crippen MR) is 316 cm³/mol. The number of nitrogens with one attached hydrogen (secondary N) is 3. The van der Waals surface area contributed by atoms with Crippen molar-refractivity contribution in [3.63, 3.8) is 0 Å². The van der Waals surface area contributed by atoms with Gasteiger partial charge in [0.1, 0.15) is 6.54 Å². The summed E-state index contributed by atoms with van der Waals surface area (Å²) in [6, 6.07) is 17.0. The molecule has 0 amide bonds. The number of piperazine rings is 1. The maximum Gasteiger partial charge on any atom is 0.406 e. The van der Waals surface area contributed by atoms with Crippen molar-refractivity contribution in [1.82, 2.24) is 40.4 Å². The van der Waals surface area contributed by atoms with Crippen LogP contribution < -0.4 is 26.7 Å². The Bertz CT molecular complexity index is 2590. The first-order valence-corrected chi connectivity index (χ1v) is 29.6. The molecule has 0 spiro atoms. The van der Waals surface area contributed by atoms with Crippen LogP contribution in [-0.2, 0) is 19.4 Å². The lowest BCUT2D eigenvalue weighted by atomic mass is 9.79.